The average molecular weight is 378 g/mol. The topological polar surface area (TPSA) is 82.3 Å². The van der Waals surface area contributed by atoms with Crippen LogP contribution in [0.1, 0.15) is 5.69 Å². The van der Waals surface area contributed by atoms with Crippen LogP contribution >= 0.6 is 23.1 Å². The number of rotatable bonds is 9. The molecule has 7 nitrogen and oxygen atoms in total. The molecule has 3 aromatic rings. The maximum Gasteiger partial charge on any atom is 0.226 e. The molecule has 132 valence electrons. The molecule has 9 heteroatoms. The summed E-state index contributed by atoms with van der Waals surface area (Å²) in [6, 6.07) is 7.61. The fourth-order valence-corrected chi connectivity index (χ4v) is 3.63. The number of anilines is 1. The summed E-state index contributed by atoms with van der Waals surface area (Å²) in [7, 11) is 3.31. The van der Waals surface area contributed by atoms with Crippen LogP contribution in [0.15, 0.2) is 39.3 Å². The Kier molecular flexibility index (Phi) is 6.26. The summed E-state index contributed by atoms with van der Waals surface area (Å²) < 4.78 is 16.6. The van der Waals surface area contributed by atoms with Gasteiger partial charge in [-0.3, -0.25) is 0 Å². The van der Waals surface area contributed by atoms with E-state index in [-0.39, 0.29) is 0 Å². The van der Waals surface area contributed by atoms with Crippen molar-refractivity contribution in [1.82, 2.24) is 15.2 Å². The Bertz CT molecular complexity index is 789. The molecule has 0 bridgehead atoms. The zero-order valence-electron chi connectivity index (χ0n) is 13.9. The number of oxazole rings is 1. The summed E-state index contributed by atoms with van der Waals surface area (Å²) in [5, 5.41) is 12.2. The van der Waals surface area contributed by atoms with Gasteiger partial charge in [-0.2, -0.15) is 0 Å². The number of nitrogens with one attached hydrogen (secondary N) is 1. The van der Waals surface area contributed by atoms with Crippen molar-refractivity contribution in [1.29, 1.82) is 0 Å². The van der Waals surface area contributed by atoms with Crippen LogP contribution in [-0.4, -0.2) is 42.6 Å². The highest BCUT2D eigenvalue weighted by Gasteiger charge is 2.10. The minimum Gasteiger partial charge on any atom is -0.497 e. The summed E-state index contributed by atoms with van der Waals surface area (Å²) in [5.41, 5.74) is 1.78. The predicted molar refractivity (Wildman–Crippen MR) is 98.3 cm³/mol. The van der Waals surface area contributed by atoms with E-state index in [0.717, 1.165) is 26.5 Å². The summed E-state index contributed by atoms with van der Waals surface area (Å²) in [6.45, 7) is 1.35. The molecule has 2 heterocycles. The lowest BCUT2D eigenvalue weighted by Crippen LogP contribution is -2.06. The first kappa shape index (κ1) is 17.7. The van der Waals surface area contributed by atoms with E-state index in [9.17, 15) is 0 Å². The number of thioether (sulfide) groups is 1. The Labute approximate surface area is 153 Å². The van der Waals surface area contributed by atoms with Crippen LogP contribution in [0.5, 0.6) is 5.75 Å². The van der Waals surface area contributed by atoms with Gasteiger partial charge in [-0.05, 0) is 24.3 Å². The van der Waals surface area contributed by atoms with Gasteiger partial charge in [0.1, 0.15) is 12.0 Å². The van der Waals surface area contributed by atoms with E-state index in [1.807, 2.05) is 24.3 Å². The molecular formula is C16H18N4O3S2. The highest BCUT2D eigenvalue weighted by Crippen LogP contribution is 2.29. The number of benzene rings is 1. The minimum atomic E-state index is 0.595. The van der Waals surface area contributed by atoms with Crippen molar-refractivity contribution >= 4 is 28.2 Å². The largest absolute Gasteiger partial charge is 0.497 e. The van der Waals surface area contributed by atoms with Crippen LogP contribution in [0.3, 0.4) is 0 Å². The zero-order valence-corrected chi connectivity index (χ0v) is 15.5. The van der Waals surface area contributed by atoms with Crippen molar-refractivity contribution in [3.63, 3.8) is 0 Å². The van der Waals surface area contributed by atoms with Gasteiger partial charge in [0.2, 0.25) is 11.0 Å². The molecule has 0 radical (unpaired) electrons. The molecule has 0 aliphatic rings. The number of aromatic nitrogens is 3. The minimum absolute atomic E-state index is 0.595. The lowest BCUT2D eigenvalue weighted by atomic mass is 10.2. The van der Waals surface area contributed by atoms with Crippen molar-refractivity contribution < 1.29 is 13.9 Å². The normalized spacial score (nSPS) is 10.8. The van der Waals surface area contributed by atoms with Gasteiger partial charge in [-0.15, -0.1) is 10.2 Å². The van der Waals surface area contributed by atoms with E-state index in [4.69, 9.17) is 13.9 Å². The Morgan fingerprint density at radius 1 is 1.20 bits per heavy atom. The van der Waals surface area contributed by atoms with Gasteiger partial charge in [0.05, 0.1) is 19.4 Å². The molecule has 1 aromatic carbocycles. The molecule has 0 aliphatic carbocycles. The molecule has 0 atom stereocenters. The SMILES string of the molecule is COCCNc1nnc(SCc2coc(-c3ccc(OC)cc3)n2)s1. The van der Waals surface area contributed by atoms with Crippen LogP contribution in [0.25, 0.3) is 11.5 Å². The van der Waals surface area contributed by atoms with Gasteiger partial charge in [0, 0.05) is 25.0 Å². The van der Waals surface area contributed by atoms with Gasteiger partial charge < -0.3 is 19.2 Å². The van der Waals surface area contributed by atoms with Crippen LogP contribution in [-0.2, 0) is 10.5 Å². The van der Waals surface area contributed by atoms with Crippen molar-refractivity contribution in [3.8, 4) is 17.2 Å². The van der Waals surface area contributed by atoms with Gasteiger partial charge in [-0.25, -0.2) is 4.98 Å². The second kappa shape index (κ2) is 8.84. The Morgan fingerprint density at radius 2 is 2.04 bits per heavy atom. The lowest BCUT2D eigenvalue weighted by molar-refractivity contribution is 0.211. The second-order valence-corrected chi connectivity index (χ2v) is 7.15. The Morgan fingerprint density at radius 3 is 2.80 bits per heavy atom. The first-order chi connectivity index (χ1) is 12.3. The van der Waals surface area contributed by atoms with Crippen LogP contribution in [0, 0.1) is 0 Å². The fourth-order valence-electron chi connectivity index (χ4n) is 1.97. The van der Waals surface area contributed by atoms with Gasteiger partial charge in [-0.1, -0.05) is 23.1 Å². The van der Waals surface area contributed by atoms with Gasteiger partial charge in [0.25, 0.3) is 0 Å². The average Bonchev–Trinajstić information content (AvgIpc) is 3.30. The molecule has 3 rings (SSSR count). The first-order valence-corrected chi connectivity index (χ1v) is 9.36. The summed E-state index contributed by atoms with van der Waals surface area (Å²) in [5.74, 6) is 2.07. The van der Waals surface area contributed by atoms with Crippen molar-refractivity contribution in [2.45, 2.75) is 10.1 Å². The number of methoxy groups -OCH3 is 2. The van der Waals surface area contributed by atoms with Crippen molar-refractivity contribution in [2.75, 3.05) is 32.7 Å². The number of ether oxygens (including phenoxy) is 2. The monoisotopic (exact) mass is 378 g/mol. The Balaban J connectivity index is 1.54. The van der Waals surface area contributed by atoms with E-state index in [0.29, 0.717) is 24.8 Å². The lowest BCUT2D eigenvalue weighted by Gasteiger charge is -1.99. The maximum atomic E-state index is 5.56. The van der Waals surface area contributed by atoms with Gasteiger partial charge >= 0.3 is 0 Å². The third-order valence-electron chi connectivity index (χ3n) is 3.22. The molecule has 0 spiro atoms. The van der Waals surface area contributed by atoms with Crippen LogP contribution in [0.4, 0.5) is 5.13 Å². The smallest absolute Gasteiger partial charge is 0.226 e. The van der Waals surface area contributed by atoms with E-state index in [1.54, 1.807) is 32.2 Å². The van der Waals surface area contributed by atoms with Crippen molar-refractivity contribution in [3.05, 3.63) is 36.2 Å². The maximum absolute atomic E-state index is 5.56. The molecule has 2 aromatic heterocycles. The van der Waals surface area contributed by atoms with E-state index >= 15 is 0 Å². The van der Waals surface area contributed by atoms with E-state index in [1.165, 1.54) is 11.3 Å². The highest BCUT2D eigenvalue weighted by molar-refractivity contribution is 8.00. The predicted octanol–water partition coefficient (Wildman–Crippen LogP) is 3.55. The molecule has 0 saturated heterocycles. The van der Waals surface area contributed by atoms with E-state index in [2.05, 4.69) is 20.5 Å². The number of nitrogens with zero attached hydrogens (tertiary/aromatic N) is 3. The Hall–Kier alpha value is -2.10. The molecule has 25 heavy (non-hydrogen) atoms. The highest BCUT2D eigenvalue weighted by atomic mass is 32.2. The first-order valence-electron chi connectivity index (χ1n) is 7.56. The molecular weight excluding hydrogens is 360 g/mol. The van der Waals surface area contributed by atoms with Crippen LogP contribution in [0.2, 0.25) is 0 Å². The third-order valence-corrected chi connectivity index (χ3v) is 5.27. The molecule has 0 aliphatic heterocycles. The molecule has 0 fully saturated rings. The molecule has 0 amide bonds. The summed E-state index contributed by atoms with van der Waals surface area (Å²) in [4.78, 5) is 4.51. The van der Waals surface area contributed by atoms with Crippen LogP contribution < -0.4 is 10.1 Å². The third kappa shape index (κ3) is 4.94. The standard InChI is InChI=1S/C16H18N4O3S2/c1-21-8-7-17-15-19-20-16(25-15)24-10-12-9-23-14(18-12)11-3-5-13(22-2)6-4-11/h3-6,9H,7-8,10H2,1-2H3,(H,17,19). The number of hydrogen-bond acceptors (Lipinski definition) is 9. The molecule has 1 N–H and O–H groups in total. The second-order valence-electron chi connectivity index (χ2n) is 4.95. The van der Waals surface area contributed by atoms with Crippen molar-refractivity contribution in [2.24, 2.45) is 0 Å². The van der Waals surface area contributed by atoms with E-state index < -0.39 is 0 Å². The zero-order chi connectivity index (χ0) is 17.5. The number of hydrogen-bond donors (Lipinski definition) is 1. The molecule has 0 saturated carbocycles. The quantitative estimate of drug-likeness (QED) is 0.447. The summed E-state index contributed by atoms with van der Waals surface area (Å²) >= 11 is 3.09. The molecule has 0 unspecified atom stereocenters. The fraction of sp³-hybridized carbons (Fsp3) is 0.312. The summed E-state index contributed by atoms with van der Waals surface area (Å²) in [6.07, 6.45) is 1.67. The van der Waals surface area contributed by atoms with Gasteiger partial charge in [0.15, 0.2) is 4.34 Å².